The number of fused-ring (bicyclic) bond motifs is 1. The lowest BCUT2D eigenvalue weighted by atomic mass is 10.2. The Morgan fingerprint density at radius 1 is 1.17 bits per heavy atom. The van der Waals surface area contributed by atoms with Gasteiger partial charge in [0.1, 0.15) is 6.61 Å². The molecule has 0 bridgehead atoms. The Hall–Kier alpha value is -3.20. The molecule has 1 aromatic carbocycles. The predicted molar refractivity (Wildman–Crippen MR) is 109 cm³/mol. The van der Waals surface area contributed by atoms with E-state index in [-0.39, 0.29) is 12.2 Å². The summed E-state index contributed by atoms with van der Waals surface area (Å²) >= 11 is 1.20. The van der Waals surface area contributed by atoms with E-state index >= 15 is 0 Å². The Bertz CT molecular complexity index is 1100. The van der Waals surface area contributed by atoms with E-state index in [0.29, 0.717) is 40.4 Å². The van der Waals surface area contributed by atoms with E-state index in [2.05, 4.69) is 10.1 Å². The smallest absolute Gasteiger partial charge is 0.331 e. The maximum absolute atomic E-state index is 12.0. The van der Waals surface area contributed by atoms with Crippen LogP contribution in [0.15, 0.2) is 35.1 Å². The van der Waals surface area contributed by atoms with Crippen molar-refractivity contribution in [3.8, 4) is 11.5 Å². The second-order valence-corrected chi connectivity index (χ2v) is 6.98. The number of carbonyl (C=O) groups excluding carboxylic acids is 1. The summed E-state index contributed by atoms with van der Waals surface area (Å²) < 4.78 is 17.5. The number of hydrogen-bond acceptors (Lipinski definition) is 8. The summed E-state index contributed by atoms with van der Waals surface area (Å²) in [4.78, 5) is 28.6. The predicted octanol–water partition coefficient (Wildman–Crippen LogP) is 3.01. The number of carbonyl (C=O) groups is 1. The summed E-state index contributed by atoms with van der Waals surface area (Å²) in [7, 11) is 0. The zero-order chi connectivity index (χ0) is 20.8. The van der Waals surface area contributed by atoms with Gasteiger partial charge in [0.15, 0.2) is 16.5 Å². The van der Waals surface area contributed by atoms with Gasteiger partial charge in [0, 0.05) is 17.8 Å². The van der Waals surface area contributed by atoms with Crippen molar-refractivity contribution in [1.29, 1.82) is 0 Å². The molecule has 0 saturated carbocycles. The molecule has 29 heavy (non-hydrogen) atoms. The molecule has 0 aliphatic heterocycles. The first-order chi connectivity index (χ1) is 14.0. The minimum atomic E-state index is -0.521. The zero-order valence-electron chi connectivity index (χ0n) is 16.4. The fraction of sp³-hybridized carbons (Fsp3) is 0.300. The zero-order valence-corrected chi connectivity index (χ0v) is 17.2. The molecule has 0 spiro atoms. The number of ether oxygens (including phenoxy) is 3. The van der Waals surface area contributed by atoms with Crippen molar-refractivity contribution in [3.63, 3.8) is 0 Å². The summed E-state index contributed by atoms with van der Waals surface area (Å²) in [5.74, 6) is 0.754. The number of aryl methyl sites for hydroxylation is 1. The first-order valence-corrected chi connectivity index (χ1v) is 9.92. The quantitative estimate of drug-likeness (QED) is 0.412. The molecule has 152 valence electrons. The third-order valence-corrected chi connectivity index (χ3v) is 4.61. The summed E-state index contributed by atoms with van der Waals surface area (Å²) in [6, 6.07) is 6.82. The Balaban J connectivity index is 1.64. The number of rotatable bonds is 8. The fourth-order valence-electron chi connectivity index (χ4n) is 2.53. The monoisotopic (exact) mass is 415 g/mol. The molecule has 0 saturated heterocycles. The maximum Gasteiger partial charge on any atom is 0.331 e. The van der Waals surface area contributed by atoms with Crippen LogP contribution in [-0.4, -0.2) is 33.8 Å². The average molecular weight is 415 g/mol. The molecule has 0 unspecified atom stereocenters. The summed E-state index contributed by atoms with van der Waals surface area (Å²) in [5, 5.41) is 4.62. The second kappa shape index (κ2) is 9.33. The summed E-state index contributed by atoms with van der Waals surface area (Å²) in [5.41, 5.74) is 1.13. The molecular formula is C20H21N3O5S. The first kappa shape index (κ1) is 20.5. The molecule has 8 nitrogen and oxygen atoms in total. The Morgan fingerprint density at radius 3 is 2.69 bits per heavy atom. The van der Waals surface area contributed by atoms with Crippen LogP contribution in [0.4, 0.5) is 0 Å². The Labute approximate surface area is 171 Å². The van der Waals surface area contributed by atoms with Gasteiger partial charge in [-0.1, -0.05) is 17.4 Å². The van der Waals surface area contributed by atoms with Crippen LogP contribution >= 0.6 is 11.3 Å². The van der Waals surface area contributed by atoms with Crippen molar-refractivity contribution in [1.82, 2.24) is 14.6 Å². The van der Waals surface area contributed by atoms with Gasteiger partial charge in [0.25, 0.3) is 5.56 Å². The van der Waals surface area contributed by atoms with E-state index < -0.39 is 5.97 Å². The topological polar surface area (TPSA) is 92.0 Å². The third-order valence-electron chi connectivity index (χ3n) is 3.73. The lowest BCUT2D eigenvalue weighted by Crippen LogP contribution is -2.14. The normalized spacial score (nSPS) is 11.1. The molecule has 0 N–H and O–H groups in total. The van der Waals surface area contributed by atoms with Gasteiger partial charge in [0.05, 0.1) is 13.2 Å². The van der Waals surface area contributed by atoms with E-state index in [1.54, 1.807) is 25.1 Å². The summed E-state index contributed by atoms with van der Waals surface area (Å²) in [6.45, 7) is 6.54. The molecule has 0 aliphatic carbocycles. The van der Waals surface area contributed by atoms with Gasteiger partial charge in [-0.15, -0.1) is 0 Å². The Kier molecular flexibility index (Phi) is 6.61. The lowest BCUT2D eigenvalue weighted by molar-refractivity contribution is -0.138. The van der Waals surface area contributed by atoms with E-state index in [9.17, 15) is 9.59 Å². The van der Waals surface area contributed by atoms with Crippen LogP contribution in [0.25, 0.3) is 11.0 Å². The molecule has 0 atom stereocenters. The highest BCUT2D eigenvalue weighted by Crippen LogP contribution is 2.29. The highest BCUT2D eigenvalue weighted by atomic mass is 32.1. The van der Waals surface area contributed by atoms with Gasteiger partial charge < -0.3 is 14.2 Å². The van der Waals surface area contributed by atoms with Gasteiger partial charge in [0.2, 0.25) is 4.96 Å². The number of nitrogens with zero attached hydrogens (tertiary/aromatic N) is 3. The number of aromatic nitrogens is 3. The molecule has 0 fully saturated rings. The van der Waals surface area contributed by atoms with E-state index in [1.807, 2.05) is 19.9 Å². The van der Waals surface area contributed by atoms with Crippen LogP contribution in [0.1, 0.15) is 30.1 Å². The minimum Gasteiger partial charge on any atom is -0.490 e. The Morgan fingerprint density at radius 2 is 1.93 bits per heavy atom. The van der Waals surface area contributed by atoms with E-state index in [0.717, 1.165) is 5.56 Å². The van der Waals surface area contributed by atoms with Gasteiger partial charge in [-0.05, 0) is 44.5 Å². The van der Waals surface area contributed by atoms with Gasteiger partial charge in [-0.25, -0.2) is 9.78 Å². The SMILES string of the molecule is CCOc1ccc(/C=C/C(=O)OCc2nn3c(=O)cc(C)nc3s2)cc1OCC. The molecule has 0 aliphatic rings. The van der Waals surface area contributed by atoms with Crippen LogP contribution in [0.3, 0.4) is 0 Å². The number of esters is 1. The summed E-state index contributed by atoms with van der Waals surface area (Å²) in [6.07, 6.45) is 2.96. The molecule has 0 amide bonds. The molecule has 0 radical (unpaired) electrons. The first-order valence-electron chi connectivity index (χ1n) is 9.11. The van der Waals surface area contributed by atoms with Crippen LogP contribution in [0, 0.1) is 6.92 Å². The number of hydrogen-bond donors (Lipinski definition) is 0. The van der Waals surface area contributed by atoms with Crippen LogP contribution in [0.2, 0.25) is 0 Å². The maximum atomic E-state index is 12.0. The van der Waals surface area contributed by atoms with Crippen molar-refractivity contribution in [2.45, 2.75) is 27.4 Å². The van der Waals surface area contributed by atoms with Gasteiger partial charge in [-0.3, -0.25) is 4.79 Å². The molecule has 2 aromatic heterocycles. The molecular weight excluding hydrogens is 394 g/mol. The largest absolute Gasteiger partial charge is 0.490 e. The second-order valence-electron chi connectivity index (χ2n) is 5.94. The van der Waals surface area contributed by atoms with Gasteiger partial charge >= 0.3 is 5.97 Å². The van der Waals surface area contributed by atoms with Crippen molar-refractivity contribution in [3.05, 3.63) is 57.0 Å². The van der Waals surface area contributed by atoms with Crippen molar-refractivity contribution >= 4 is 28.3 Å². The highest BCUT2D eigenvalue weighted by molar-refractivity contribution is 7.16. The van der Waals surface area contributed by atoms with Crippen molar-refractivity contribution in [2.24, 2.45) is 0 Å². The average Bonchev–Trinajstić information content (AvgIpc) is 3.10. The molecule has 2 heterocycles. The fourth-order valence-corrected chi connectivity index (χ4v) is 3.39. The molecule has 3 aromatic rings. The highest BCUT2D eigenvalue weighted by Gasteiger charge is 2.10. The number of benzene rings is 1. The van der Waals surface area contributed by atoms with E-state index in [1.165, 1.54) is 28.0 Å². The van der Waals surface area contributed by atoms with Crippen molar-refractivity contribution < 1.29 is 19.0 Å². The van der Waals surface area contributed by atoms with Crippen LogP contribution in [0.5, 0.6) is 11.5 Å². The van der Waals surface area contributed by atoms with Crippen LogP contribution < -0.4 is 15.0 Å². The third kappa shape index (κ3) is 5.20. The minimum absolute atomic E-state index is 0.0385. The standard InChI is InChI=1S/C20H21N3O5S/c1-4-26-15-8-6-14(11-16(15)27-5-2)7-9-19(25)28-12-17-22-23-18(24)10-13(3)21-20(23)29-17/h6-11H,4-5,12H2,1-3H3/b9-7+. The molecule has 3 rings (SSSR count). The van der Waals surface area contributed by atoms with Crippen molar-refractivity contribution in [2.75, 3.05) is 13.2 Å². The lowest BCUT2D eigenvalue weighted by Gasteiger charge is -2.11. The van der Waals surface area contributed by atoms with Crippen LogP contribution in [-0.2, 0) is 16.1 Å². The molecule has 9 heteroatoms. The van der Waals surface area contributed by atoms with E-state index in [4.69, 9.17) is 14.2 Å². The van der Waals surface area contributed by atoms with Gasteiger partial charge in [-0.2, -0.15) is 9.61 Å².